The van der Waals surface area contributed by atoms with Gasteiger partial charge in [-0.25, -0.2) is 8.42 Å². The zero-order chi connectivity index (χ0) is 13.4. The summed E-state index contributed by atoms with van der Waals surface area (Å²) in [4.78, 5) is 0. The molecule has 7 heteroatoms. The van der Waals surface area contributed by atoms with Crippen LogP contribution < -0.4 is 0 Å². The standard InChI is InChI=1S/C10H17ClN2O3S/c1-5-13-8(7(11)6-12-13)9(14)10(2,3)17(4,15)16/h6,9,14H,5H2,1-4H3. The quantitative estimate of drug-likeness (QED) is 0.905. The van der Waals surface area contributed by atoms with E-state index in [0.29, 0.717) is 12.2 Å². The van der Waals surface area contributed by atoms with Crippen molar-refractivity contribution < 1.29 is 13.5 Å². The summed E-state index contributed by atoms with van der Waals surface area (Å²) in [5, 5.41) is 14.5. The largest absolute Gasteiger partial charge is 0.385 e. The Kier molecular flexibility index (Phi) is 3.91. The number of aliphatic hydroxyl groups excluding tert-OH is 1. The van der Waals surface area contributed by atoms with Crippen LogP contribution in [-0.4, -0.2) is 34.3 Å². The molecule has 0 aromatic carbocycles. The Morgan fingerprint density at radius 3 is 2.53 bits per heavy atom. The summed E-state index contributed by atoms with van der Waals surface area (Å²) in [7, 11) is -3.42. The first-order chi connectivity index (χ1) is 7.63. The normalized spacial score (nSPS) is 14.9. The van der Waals surface area contributed by atoms with E-state index < -0.39 is 20.7 Å². The van der Waals surface area contributed by atoms with E-state index in [-0.39, 0.29) is 5.02 Å². The molecule has 1 N–H and O–H groups in total. The van der Waals surface area contributed by atoms with Crippen LogP contribution in [0.3, 0.4) is 0 Å². The lowest BCUT2D eigenvalue weighted by molar-refractivity contribution is 0.129. The zero-order valence-electron chi connectivity index (χ0n) is 10.3. The Morgan fingerprint density at radius 2 is 2.12 bits per heavy atom. The molecule has 1 atom stereocenters. The number of hydrogen-bond donors (Lipinski definition) is 1. The minimum Gasteiger partial charge on any atom is -0.385 e. The first-order valence-electron chi connectivity index (χ1n) is 5.21. The molecule has 1 rings (SSSR count). The zero-order valence-corrected chi connectivity index (χ0v) is 11.9. The monoisotopic (exact) mass is 280 g/mol. The SMILES string of the molecule is CCn1ncc(Cl)c1C(O)C(C)(C)S(C)(=O)=O. The number of aliphatic hydroxyl groups is 1. The predicted molar refractivity (Wildman–Crippen MR) is 66.8 cm³/mol. The van der Waals surface area contributed by atoms with Gasteiger partial charge in [0.1, 0.15) is 6.10 Å². The molecule has 5 nitrogen and oxygen atoms in total. The Bertz CT molecular complexity index is 508. The van der Waals surface area contributed by atoms with Gasteiger partial charge in [-0.15, -0.1) is 0 Å². The highest BCUT2D eigenvalue weighted by atomic mass is 35.5. The fourth-order valence-electron chi connectivity index (χ4n) is 1.43. The van der Waals surface area contributed by atoms with Crippen LogP contribution in [-0.2, 0) is 16.4 Å². The van der Waals surface area contributed by atoms with Crippen molar-refractivity contribution in [3.05, 3.63) is 16.9 Å². The lowest BCUT2D eigenvalue weighted by Gasteiger charge is -2.29. The van der Waals surface area contributed by atoms with Gasteiger partial charge >= 0.3 is 0 Å². The minimum atomic E-state index is -3.42. The molecule has 0 saturated heterocycles. The molecule has 0 aliphatic heterocycles. The van der Waals surface area contributed by atoms with Gasteiger partial charge in [0.15, 0.2) is 9.84 Å². The third-order valence-corrected chi connectivity index (χ3v) is 5.43. The van der Waals surface area contributed by atoms with Crippen molar-refractivity contribution in [1.82, 2.24) is 9.78 Å². The third kappa shape index (κ3) is 2.48. The van der Waals surface area contributed by atoms with Crippen molar-refractivity contribution in [3.63, 3.8) is 0 Å². The number of sulfone groups is 1. The number of nitrogens with zero attached hydrogens (tertiary/aromatic N) is 2. The minimum absolute atomic E-state index is 0.274. The van der Waals surface area contributed by atoms with Gasteiger partial charge < -0.3 is 5.11 Å². The highest BCUT2D eigenvalue weighted by Gasteiger charge is 2.41. The van der Waals surface area contributed by atoms with Crippen LogP contribution in [0.2, 0.25) is 5.02 Å². The molecule has 1 unspecified atom stereocenters. The molecule has 0 radical (unpaired) electrons. The molecular weight excluding hydrogens is 264 g/mol. The molecule has 1 heterocycles. The Labute approximate surface area is 106 Å². The van der Waals surface area contributed by atoms with E-state index in [4.69, 9.17) is 11.6 Å². The van der Waals surface area contributed by atoms with E-state index >= 15 is 0 Å². The van der Waals surface area contributed by atoms with Crippen molar-refractivity contribution >= 4 is 21.4 Å². The second-order valence-corrected chi connectivity index (χ2v) is 7.48. The van der Waals surface area contributed by atoms with E-state index in [1.165, 1.54) is 24.7 Å². The van der Waals surface area contributed by atoms with Gasteiger partial charge in [0.25, 0.3) is 0 Å². The smallest absolute Gasteiger partial charge is 0.155 e. The molecule has 98 valence electrons. The van der Waals surface area contributed by atoms with Crippen LogP contribution in [0, 0.1) is 0 Å². The van der Waals surface area contributed by atoms with Crippen LogP contribution in [0.1, 0.15) is 32.6 Å². The third-order valence-electron chi connectivity index (χ3n) is 3.01. The van der Waals surface area contributed by atoms with Crippen molar-refractivity contribution in [1.29, 1.82) is 0 Å². The molecule has 0 aliphatic carbocycles. The Balaban J connectivity index is 3.30. The maximum Gasteiger partial charge on any atom is 0.155 e. The molecule has 1 aromatic heterocycles. The number of rotatable bonds is 4. The van der Waals surface area contributed by atoms with Gasteiger partial charge in [0, 0.05) is 12.8 Å². The number of hydrogen-bond acceptors (Lipinski definition) is 4. The number of aromatic nitrogens is 2. The van der Waals surface area contributed by atoms with Gasteiger partial charge in [0.05, 0.1) is 21.7 Å². The van der Waals surface area contributed by atoms with Crippen LogP contribution in [0.5, 0.6) is 0 Å². The molecule has 0 aliphatic rings. The lowest BCUT2D eigenvalue weighted by atomic mass is 10.0. The second kappa shape index (κ2) is 4.59. The van der Waals surface area contributed by atoms with Crippen LogP contribution in [0.4, 0.5) is 0 Å². The average Bonchev–Trinajstić information content (AvgIpc) is 2.56. The van der Waals surface area contributed by atoms with E-state index in [1.54, 1.807) is 0 Å². The fraction of sp³-hybridized carbons (Fsp3) is 0.700. The summed E-state index contributed by atoms with van der Waals surface area (Å²) in [5.74, 6) is 0. The molecule has 0 spiro atoms. The van der Waals surface area contributed by atoms with E-state index in [0.717, 1.165) is 6.26 Å². The summed E-state index contributed by atoms with van der Waals surface area (Å²) in [6.45, 7) is 5.29. The van der Waals surface area contributed by atoms with E-state index in [9.17, 15) is 13.5 Å². The maximum atomic E-state index is 11.7. The lowest BCUT2D eigenvalue weighted by Crippen LogP contribution is -2.39. The summed E-state index contributed by atoms with van der Waals surface area (Å²) in [6.07, 6.45) is 1.28. The van der Waals surface area contributed by atoms with Gasteiger partial charge in [-0.3, -0.25) is 4.68 Å². The van der Waals surface area contributed by atoms with Crippen LogP contribution in [0.15, 0.2) is 6.20 Å². The molecule has 0 fully saturated rings. The molecule has 0 bridgehead atoms. The van der Waals surface area contributed by atoms with Crippen LogP contribution >= 0.6 is 11.6 Å². The fourth-order valence-corrected chi connectivity index (χ4v) is 2.19. The predicted octanol–water partition coefficient (Wildman–Crippen LogP) is 1.41. The van der Waals surface area contributed by atoms with Gasteiger partial charge in [-0.2, -0.15) is 5.10 Å². The molecule has 0 saturated carbocycles. The number of aryl methyl sites for hydroxylation is 1. The highest BCUT2D eigenvalue weighted by molar-refractivity contribution is 7.92. The van der Waals surface area contributed by atoms with Gasteiger partial charge in [-0.1, -0.05) is 11.6 Å². The van der Waals surface area contributed by atoms with E-state index in [1.807, 2.05) is 6.92 Å². The molecule has 0 amide bonds. The Hall–Kier alpha value is -0.590. The van der Waals surface area contributed by atoms with Crippen molar-refractivity contribution in [2.24, 2.45) is 0 Å². The van der Waals surface area contributed by atoms with Crippen molar-refractivity contribution in [2.75, 3.05) is 6.26 Å². The topological polar surface area (TPSA) is 72.2 Å². The summed E-state index contributed by atoms with van der Waals surface area (Å²) < 4.78 is 23.5. The highest BCUT2D eigenvalue weighted by Crippen LogP contribution is 2.35. The maximum absolute atomic E-state index is 11.7. The number of halogens is 1. The van der Waals surface area contributed by atoms with E-state index in [2.05, 4.69) is 5.10 Å². The summed E-state index contributed by atoms with van der Waals surface area (Å²) in [6, 6.07) is 0. The van der Waals surface area contributed by atoms with Gasteiger partial charge in [-0.05, 0) is 20.8 Å². The van der Waals surface area contributed by atoms with Gasteiger partial charge in [0.2, 0.25) is 0 Å². The van der Waals surface area contributed by atoms with Crippen molar-refractivity contribution in [3.8, 4) is 0 Å². The molecular formula is C10H17ClN2O3S. The Morgan fingerprint density at radius 1 is 1.59 bits per heavy atom. The summed E-state index contributed by atoms with van der Waals surface area (Å²) in [5.41, 5.74) is 0.338. The first kappa shape index (κ1) is 14.5. The molecule has 1 aromatic rings. The average molecular weight is 281 g/mol. The molecule has 17 heavy (non-hydrogen) atoms. The van der Waals surface area contributed by atoms with Crippen LogP contribution in [0.25, 0.3) is 0 Å². The summed E-state index contributed by atoms with van der Waals surface area (Å²) >= 11 is 5.94. The first-order valence-corrected chi connectivity index (χ1v) is 7.48. The van der Waals surface area contributed by atoms with Crippen molar-refractivity contribution in [2.45, 2.75) is 38.2 Å². The second-order valence-electron chi connectivity index (χ2n) is 4.47.